The van der Waals surface area contributed by atoms with Gasteiger partial charge < -0.3 is 10.0 Å². The molecule has 20 heavy (non-hydrogen) atoms. The van der Waals surface area contributed by atoms with E-state index in [1.165, 1.54) is 34.1 Å². The number of carboxylic acids is 1. The Balaban J connectivity index is 2.82. The summed E-state index contributed by atoms with van der Waals surface area (Å²) in [5.41, 5.74) is 0.553. The molecule has 0 spiro atoms. The molecule has 0 fully saturated rings. The number of amides is 2. The highest BCUT2D eigenvalue weighted by Crippen LogP contribution is 2.16. The van der Waals surface area contributed by atoms with E-state index in [9.17, 15) is 14.0 Å². The van der Waals surface area contributed by atoms with Crippen molar-refractivity contribution in [3.63, 3.8) is 0 Å². The zero-order chi connectivity index (χ0) is 15.3. The van der Waals surface area contributed by atoms with Crippen LogP contribution in [0.1, 0.15) is 20.3 Å². The molecule has 0 atom stereocenters. The van der Waals surface area contributed by atoms with E-state index in [0.29, 0.717) is 5.69 Å². The first-order valence-corrected chi connectivity index (χ1v) is 6.34. The molecule has 0 radical (unpaired) electrons. The third-order valence-corrected chi connectivity index (χ3v) is 2.94. The van der Waals surface area contributed by atoms with Crippen molar-refractivity contribution in [3.8, 4) is 0 Å². The molecule has 0 saturated heterocycles. The summed E-state index contributed by atoms with van der Waals surface area (Å²) in [5.74, 6) is -1.32. The van der Waals surface area contributed by atoms with Crippen molar-refractivity contribution in [2.45, 2.75) is 26.3 Å². The van der Waals surface area contributed by atoms with Crippen LogP contribution in [0.3, 0.4) is 0 Å². The van der Waals surface area contributed by atoms with E-state index in [1.807, 2.05) is 13.8 Å². The number of aliphatic carboxylic acids is 1. The van der Waals surface area contributed by atoms with E-state index in [-0.39, 0.29) is 30.9 Å². The summed E-state index contributed by atoms with van der Waals surface area (Å²) >= 11 is 0. The molecule has 0 aliphatic carbocycles. The van der Waals surface area contributed by atoms with Gasteiger partial charge in [-0.1, -0.05) is 0 Å². The number of carbonyl (C=O) groups excluding carboxylic acids is 1. The minimum atomic E-state index is -0.951. The van der Waals surface area contributed by atoms with E-state index in [4.69, 9.17) is 5.11 Å². The molecule has 0 aromatic heterocycles. The first-order valence-electron chi connectivity index (χ1n) is 6.34. The molecule has 0 aliphatic rings. The van der Waals surface area contributed by atoms with Crippen molar-refractivity contribution < 1.29 is 19.1 Å². The van der Waals surface area contributed by atoms with Gasteiger partial charge in [0.25, 0.3) is 0 Å². The molecular weight excluding hydrogens is 263 g/mol. The predicted octanol–water partition coefficient (Wildman–Crippen LogP) is 2.57. The van der Waals surface area contributed by atoms with Crippen LogP contribution in [0.2, 0.25) is 0 Å². The molecule has 1 aromatic rings. The van der Waals surface area contributed by atoms with Crippen LogP contribution in [0.25, 0.3) is 0 Å². The molecule has 1 aromatic carbocycles. The maximum atomic E-state index is 12.9. The molecule has 0 unspecified atom stereocenters. The zero-order valence-electron chi connectivity index (χ0n) is 11.8. The van der Waals surface area contributed by atoms with Gasteiger partial charge in [0.05, 0.1) is 6.42 Å². The van der Waals surface area contributed by atoms with Crippen LogP contribution in [-0.4, -0.2) is 41.6 Å². The van der Waals surface area contributed by atoms with Crippen LogP contribution in [0.4, 0.5) is 14.9 Å². The number of halogens is 1. The van der Waals surface area contributed by atoms with E-state index in [2.05, 4.69) is 0 Å². The van der Waals surface area contributed by atoms with Crippen LogP contribution in [0, 0.1) is 5.82 Å². The first kappa shape index (κ1) is 15.9. The SMILES string of the molecule is CC(C)N(CCC(=O)O)C(=O)N(C)c1ccc(F)cc1. The molecule has 0 bridgehead atoms. The summed E-state index contributed by atoms with van der Waals surface area (Å²) in [7, 11) is 1.58. The summed E-state index contributed by atoms with van der Waals surface area (Å²) in [6.07, 6.45) is -0.110. The Labute approximate surface area is 117 Å². The number of urea groups is 1. The lowest BCUT2D eigenvalue weighted by atomic mass is 10.2. The van der Waals surface area contributed by atoms with Crippen LogP contribution in [0.5, 0.6) is 0 Å². The van der Waals surface area contributed by atoms with E-state index < -0.39 is 5.97 Å². The van der Waals surface area contributed by atoms with Crippen LogP contribution in [-0.2, 0) is 4.79 Å². The van der Waals surface area contributed by atoms with Gasteiger partial charge in [0.15, 0.2) is 0 Å². The maximum Gasteiger partial charge on any atom is 0.324 e. The maximum absolute atomic E-state index is 12.9. The minimum absolute atomic E-state index is 0.110. The molecule has 1 rings (SSSR count). The Morgan fingerprint density at radius 2 is 1.80 bits per heavy atom. The minimum Gasteiger partial charge on any atom is -0.481 e. The quantitative estimate of drug-likeness (QED) is 0.903. The molecule has 0 saturated carbocycles. The highest BCUT2D eigenvalue weighted by atomic mass is 19.1. The average Bonchev–Trinajstić information content (AvgIpc) is 2.38. The highest BCUT2D eigenvalue weighted by molar-refractivity contribution is 5.91. The average molecular weight is 282 g/mol. The lowest BCUT2D eigenvalue weighted by molar-refractivity contribution is -0.137. The standard InChI is InChI=1S/C14H19FN2O3/c1-10(2)17(9-8-13(18)19)14(20)16(3)12-6-4-11(15)5-7-12/h4-7,10H,8-9H2,1-3H3,(H,18,19). The third-order valence-electron chi connectivity index (χ3n) is 2.94. The predicted molar refractivity (Wildman–Crippen MR) is 74.3 cm³/mol. The first-order chi connectivity index (χ1) is 9.32. The lowest BCUT2D eigenvalue weighted by Crippen LogP contribution is -2.45. The highest BCUT2D eigenvalue weighted by Gasteiger charge is 2.22. The monoisotopic (exact) mass is 282 g/mol. The van der Waals surface area contributed by atoms with Crippen LogP contribution >= 0.6 is 0 Å². The molecule has 110 valence electrons. The smallest absolute Gasteiger partial charge is 0.324 e. The van der Waals surface area contributed by atoms with Crippen LogP contribution in [0.15, 0.2) is 24.3 Å². The largest absolute Gasteiger partial charge is 0.481 e. The summed E-state index contributed by atoms with van der Waals surface area (Å²) in [5, 5.41) is 8.72. The van der Waals surface area contributed by atoms with Crippen LogP contribution < -0.4 is 4.90 Å². The number of benzene rings is 1. The van der Waals surface area contributed by atoms with E-state index >= 15 is 0 Å². The number of rotatable bonds is 5. The van der Waals surface area contributed by atoms with Crippen molar-refractivity contribution in [2.24, 2.45) is 0 Å². The Hall–Kier alpha value is -2.11. The Kier molecular flexibility index (Phi) is 5.49. The third kappa shape index (κ3) is 4.22. The number of carbonyl (C=O) groups is 2. The number of carboxylic acid groups (broad SMARTS) is 1. The molecule has 0 heterocycles. The zero-order valence-corrected chi connectivity index (χ0v) is 11.8. The molecule has 1 N–H and O–H groups in total. The summed E-state index contributed by atoms with van der Waals surface area (Å²) in [6.45, 7) is 3.77. The fraction of sp³-hybridized carbons (Fsp3) is 0.429. The van der Waals surface area contributed by atoms with Crippen molar-refractivity contribution in [1.29, 1.82) is 0 Å². The number of nitrogens with zero attached hydrogens (tertiary/aromatic N) is 2. The second-order valence-corrected chi connectivity index (χ2v) is 4.75. The second-order valence-electron chi connectivity index (χ2n) is 4.75. The Morgan fingerprint density at radius 1 is 1.25 bits per heavy atom. The summed E-state index contributed by atoms with van der Waals surface area (Å²) < 4.78 is 12.9. The van der Waals surface area contributed by atoms with E-state index in [1.54, 1.807) is 7.05 Å². The topological polar surface area (TPSA) is 60.9 Å². The summed E-state index contributed by atoms with van der Waals surface area (Å²) in [4.78, 5) is 25.8. The van der Waals surface area contributed by atoms with E-state index in [0.717, 1.165) is 0 Å². The lowest BCUT2D eigenvalue weighted by Gasteiger charge is -2.31. The van der Waals surface area contributed by atoms with Gasteiger partial charge in [-0.05, 0) is 38.1 Å². The van der Waals surface area contributed by atoms with Crippen molar-refractivity contribution in [1.82, 2.24) is 4.90 Å². The van der Waals surface area contributed by atoms with Crippen molar-refractivity contribution in [2.75, 3.05) is 18.5 Å². The normalized spacial score (nSPS) is 10.4. The summed E-state index contributed by atoms with van der Waals surface area (Å²) in [6, 6.07) is 5.12. The van der Waals surface area contributed by atoms with Gasteiger partial charge in [-0.25, -0.2) is 9.18 Å². The number of anilines is 1. The Morgan fingerprint density at radius 3 is 2.25 bits per heavy atom. The molecule has 5 nitrogen and oxygen atoms in total. The second kappa shape index (κ2) is 6.88. The number of hydrogen-bond acceptors (Lipinski definition) is 2. The van der Waals surface area contributed by atoms with Gasteiger partial charge in [0.1, 0.15) is 5.82 Å². The molecular formula is C14H19FN2O3. The van der Waals surface area contributed by atoms with Gasteiger partial charge in [0, 0.05) is 25.3 Å². The van der Waals surface area contributed by atoms with Gasteiger partial charge >= 0.3 is 12.0 Å². The fourth-order valence-electron chi connectivity index (χ4n) is 1.76. The molecule has 0 aliphatic heterocycles. The van der Waals surface area contributed by atoms with Gasteiger partial charge in [-0.2, -0.15) is 0 Å². The Bertz CT molecular complexity index is 474. The van der Waals surface area contributed by atoms with Crippen molar-refractivity contribution in [3.05, 3.63) is 30.1 Å². The molecule has 2 amide bonds. The van der Waals surface area contributed by atoms with Gasteiger partial charge in [-0.3, -0.25) is 9.69 Å². The van der Waals surface area contributed by atoms with Gasteiger partial charge in [0.2, 0.25) is 0 Å². The number of hydrogen-bond donors (Lipinski definition) is 1. The molecule has 6 heteroatoms. The van der Waals surface area contributed by atoms with Gasteiger partial charge in [-0.15, -0.1) is 0 Å². The van der Waals surface area contributed by atoms with Crippen molar-refractivity contribution >= 4 is 17.7 Å². The fourth-order valence-corrected chi connectivity index (χ4v) is 1.76.